The maximum Gasteiger partial charge on any atom is 0.123 e. The molecule has 0 spiro atoms. The van der Waals surface area contributed by atoms with Gasteiger partial charge in [-0.15, -0.1) is 0 Å². The van der Waals surface area contributed by atoms with Gasteiger partial charge >= 0.3 is 0 Å². The zero-order valence-electron chi connectivity index (χ0n) is 12.4. The Morgan fingerprint density at radius 2 is 2.11 bits per heavy atom. The molecule has 0 heterocycles. The van der Waals surface area contributed by atoms with Crippen LogP contribution in [0, 0.1) is 11.7 Å². The van der Waals surface area contributed by atoms with Gasteiger partial charge in [-0.05, 0) is 36.2 Å². The number of anilines is 1. The van der Waals surface area contributed by atoms with E-state index < -0.39 is 0 Å². The molecule has 0 fully saturated rings. The normalized spacial score (nSPS) is 11.1. The van der Waals surface area contributed by atoms with Crippen molar-refractivity contribution in [1.82, 2.24) is 5.32 Å². The van der Waals surface area contributed by atoms with Gasteiger partial charge in [-0.2, -0.15) is 0 Å². The highest BCUT2D eigenvalue weighted by molar-refractivity contribution is 5.53. The molecule has 1 rings (SSSR count). The summed E-state index contributed by atoms with van der Waals surface area (Å²) in [6.07, 6.45) is 0. The number of nitrogens with one attached hydrogen (secondary N) is 1. The fourth-order valence-corrected chi connectivity index (χ4v) is 1.91. The van der Waals surface area contributed by atoms with E-state index in [0.29, 0.717) is 19.1 Å². The molecule has 0 saturated heterocycles. The predicted molar refractivity (Wildman–Crippen MR) is 78.1 cm³/mol. The smallest absolute Gasteiger partial charge is 0.123 e. The van der Waals surface area contributed by atoms with Crippen LogP contribution in [-0.4, -0.2) is 33.9 Å². The minimum absolute atomic E-state index is 0.190. The molecule has 0 unspecified atom stereocenters. The summed E-state index contributed by atoms with van der Waals surface area (Å²) in [6.45, 7) is 7.38. The van der Waals surface area contributed by atoms with Crippen molar-refractivity contribution in [3.8, 4) is 0 Å². The molecule has 1 aromatic rings. The molecular formula is C15H25FN2O. The molecule has 4 heteroatoms. The number of hydrogen-bond acceptors (Lipinski definition) is 3. The number of ether oxygens (including phenoxy) is 1. The Balaban J connectivity index is 2.73. The van der Waals surface area contributed by atoms with Gasteiger partial charge in [0.2, 0.25) is 0 Å². The first-order chi connectivity index (χ1) is 9.04. The molecule has 1 aromatic carbocycles. The van der Waals surface area contributed by atoms with Crippen molar-refractivity contribution < 1.29 is 9.13 Å². The van der Waals surface area contributed by atoms with Gasteiger partial charge < -0.3 is 15.0 Å². The topological polar surface area (TPSA) is 24.5 Å². The third-order valence-corrected chi connectivity index (χ3v) is 2.95. The summed E-state index contributed by atoms with van der Waals surface area (Å²) in [6, 6.07) is 4.94. The molecule has 0 aliphatic rings. The van der Waals surface area contributed by atoms with Crippen LogP contribution in [0.5, 0.6) is 0 Å². The van der Waals surface area contributed by atoms with E-state index in [2.05, 4.69) is 24.1 Å². The van der Waals surface area contributed by atoms with E-state index >= 15 is 0 Å². The average molecular weight is 268 g/mol. The van der Waals surface area contributed by atoms with E-state index in [-0.39, 0.29) is 5.82 Å². The largest absolute Gasteiger partial charge is 0.383 e. The summed E-state index contributed by atoms with van der Waals surface area (Å²) in [5, 5.41) is 3.36. The lowest BCUT2D eigenvalue weighted by Gasteiger charge is -2.22. The van der Waals surface area contributed by atoms with Gasteiger partial charge in [-0.25, -0.2) is 4.39 Å². The first-order valence-corrected chi connectivity index (χ1v) is 6.73. The number of nitrogens with zero attached hydrogens (tertiary/aromatic N) is 1. The van der Waals surface area contributed by atoms with Gasteiger partial charge in [0.15, 0.2) is 0 Å². The summed E-state index contributed by atoms with van der Waals surface area (Å²) in [4.78, 5) is 2.09. The van der Waals surface area contributed by atoms with Crippen LogP contribution in [0.3, 0.4) is 0 Å². The van der Waals surface area contributed by atoms with E-state index in [9.17, 15) is 4.39 Å². The highest BCUT2D eigenvalue weighted by atomic mass is 19.1. The zero-order chi connectivity index (χ0) is 14.3. The van der Waals surface area contributed by atoms with Crippen molar-refractivity contribution in [3.63, 3.8) is 0 Å². The number of benzene rings is 1. The number of methoxy groups -OCH3 is 1. The van der Waals surface area contributed by atoms with Crippen molar-refractivity contribution in [3.05, 3.63) is 29.6 Å². The standard InChI is InChI=1S/C15H25FN2O/c1-12(2)10-17-11-13-9-14(16)5-6-15(13)18(3)7-8-19-4/h5-6,9,12,17H,7-8,10-11H2,1-4H3. The van der Waals surface area contributed by atoms with Crippen molar-refractivity contribution in [1.29, 1.82) is 0 Å². The minimum atomic E-state index is -0.190. The molecule has 0 aliphatic carbocycles. The fraction of sp³-hybridized carbons (Fsp3) is 0.600. The second-order valence-corrected chi connectivity index (χ2v) is 5.21. The van der Waals surface area contributed by atoms with Gasteiger partial charge in [0.25, 0.3) is 0 Å². The lowest BCUT2D eigenvalue weighted by atomic mass is 10.1. The Bertz CT molecular complexity index is 382. The Kier molecular flexibility index (Phi) is 6.81. The lowest BCUT2D eigenvalue weighted by molar-refractivity contribution is 0.206. The van der Waals surface area contributed by atoms with Crippen LogP contribution in [0.4, 0.5) is 10.1 Å². The maximum atomic E-state index is 13.4. The van der Waals surface area contributed by atoms with Crippen molar-refractivity contribution >= 4 is 5.69 Å². The number of rotatable bonds is 8. The second kappa shape index (κ2) is 8.12. The highest BCUT2D eigenvalue weighted by Crippen LogP contribution is 2.20. The molecule has 0 radical (unpaired) electrons. The van der Waals surface area contributed by atoms with Crippen molar-refractivity contribution in [2.75, 3.05) is 38.8 Å². The SMILES string of the molecule is COCCN(C)c1ccc(F)cc1CNCC(C)C. The Labute approximate surface area is 115 Å². The molecule has 3 nitrogen and oxygen atoms in total. The first kappa shape index (κ1) is 15.9. The Hall–Kier alpha value is -1.13. The molecule has 0 atom stereocenters. The van der Waals surface area contributed by atoms with Gasteiger partial charge in [0.1, 0.15) is 5.82 Å². The second-order valence-electron chi connectivity index (χ2n) is 5.21. The van der Waals surface area contributed by atoms with Gasteiger partial charge in [0.05, 0.1) is 6.61 Å². The van der Waals surface area contributed by atoms with Crippen LogP contribution in [0.2, 0.25) is 0 Å². The van der Waals surface area contributed by atoms with Crippen molar-refractivity contribution in [2.45, 2.75) is 20.4 Å². The molecule has 108 valence electrons. The maximum absolute atomic E-state index is 13.4. The highest BCUT2D eigenvalue weighted by Gasteiger charge is 2.08. The van der Waals surface area contributed by atoms with E-state index in [1.807, 2.05) is 13.1 Å². The number of halogens is 1. The van der Waals surface area contributed by atoms with Crippen LogP contribution in [0.15, 0.2) is 18.2 Å². The van der Waals surface area contributed by atoms with E-state index in [1.54, 1.807) is 13.2 Å². The van der Waals surface area contributed by atoms with E-state index in [0.717, 1.165) is 24.3 Å². The quantitative estimate of drug-likeness (QED) is 0.784. The Morgan fingerprint density at radius 3 is 2.74 bits per heavy atom. The molecule has 0 aliphatic heterocycles. The minimum Gasteiger partial charge on any atom is -0.383 e. The van der Waals surface area contributed by atoms with Gasteiger partial charge in [-0.3, -0.25) is 0 Å². The summed E-state index contributed by atoms with van der Waals surface area (Å²) < 4.78 is 18.5. The van der Waals surface area contributed by atoms with Crippen LogP contribution < -0.4 is 10.2 Å². The van der Waals surface area contributed by atoms with Crippen molar-refractivity contribution in [2.24, 2.45) is 5.92 Å². The third-order valence-electron chi connectivity index (χ3n) is 2.95. The lowest BCUT2D eigenvalue weighted by Crippen LogP contribution is -2.25. The summed E-state index contributed by atoms with van der Waals surface area (Å²) >= 11 is 0. The van der Waals surface area contributed by atoms with Gasteiger partial charge in [-0.1, -0.05) is 13.8 Å². The van der Waals surface area contributed by atoms with Gasteiger partial charge in [0, 0.05) is 32.9 Å². The Morgan fingerprint density at radius 1 is 1.37 bits per heavy atom. The summed E-state index contributed by atoms with van der Waals surface area (Å²) in [7, 11) is 3.68. The number of likely N-dealkylation sites (N-methyl/N-ethyl adjacent to an activating group) is 1. The van der Waals surface area contributed by atoms with E-state index in [1.165, 1.54) is 6.07 Å². The molecule has 0 bridgehead atoms. The zero-order valence-corrected chi connectivity index (χ0v) is 12.4. The van der Waals surface area contributed by atoms with Crippen LogP contribution >= 0.6 is 0 Å². The monoisotopic (exact) mass is 268 g/mol. The molecular weight excluding hydrogens is 243 g/mol. The summed E-state index contributed by atoms with van der Waals surface area (Å²) in [5.41, 5.74) is 2.04. The first-order valence-electron chi connectivity index (χ1n) is 6.73. The molecule has 1 N–H and O–H groups in total. The average Bonchev–Trinajstić information content (AvgIpc) is 2.35. The predicted octanol–water partition coefficient (Wildman–Crippen LogP) is 2.65. The fourth-order valence-electron chi connectivity index (χ4n) is 1.91. The molecule has 19 heavy (non-hydrogen) atoms. The van der Waals surface area contributed by atoms with Crippen LogP contribution in [0.1, 0.15) is 19.4 Å². The molecule has 0 aromatic heterocycles. The molecule has 0 amide bonds. The molecule has 0 saturated carbocycles. The third kappa shape index (κ3) is 5.57. The van der Waals surface area contributed by atoms with Crippen LogP contribution in [-0.2, 0) is 11.3 Å². The number of hydrogen-bond donors (Lipinski definition) is 1. The van der Waals surface area contributed by atoms with E-state index in [4.69, 9.17) is 4.74 Å². The summed E-state index contributed by atoms with van der Waals surface area (Å²) in [5.74, 6) is 0.397. The van der Waals surface area contributed by atoms with Crippen LogP contribution in [0.25, 0.3) is 0 Å².